The summed E-state index contributed by atoms with van der Waals surface area (Å²) in [6, 6.07) is 22.5. The van der Waals surface area contributed by atoms with E-state index in [0.717, 1.165) is 4.31 Å². The molecule has 0 bridgehead atoms. The van der Waals surface area contributed by atoms with E-state index in [9.17, 15) is 18.0 Å². The van der Waals surface area contributed by atoms with Crippen molar-refractivity contribution >= 4 is 39.1 Å². The number of hydrogen-bond donors (Lipinski definition) is 1. The largest absolute Gasteiger partial charge is 0.352 e. The zero-order chi connectivity index (χ0) is 27.0. The van der Waals surface area contributed by atoms with Crippen molar-refractivity contribution in [3.63, 3.8) is 0 Å². The quantitative estimate of drug-likeness (QED) is 0.375. The van der Waals surface area contributed by atoms with Crippen molar-refractivity contribution in [2.75, 3.05) is 10.8 Å². The Morgan fingerprint density at radius 1 is 0.892 bits per heavy atom. The Labute approximate surface area is 224 Å². The molecule has 0 saturated heterocycles. The van der Waals surface area contributed by atoms with Gasteiger partial charge >= 0.3 is 0 Å². The zero-order valence-electron chi connectivity index (χ0n) is 21.2. The summed E-state index contributed by atoms with van der Waals surface area (Å²) in [5, 5.41) is 3.33. The van der Waals surface area contributed by atoms with Gasteiger partial charge in [-0.2, -0.15) is 0 Å². The number of carbonyl (C=O) groups excluding carboxylic acids is 2. The third-order valence-corrected chi connectivity index (χ3v) is 7.93. The molecule has 0 aliphatic carbocycles. The van der Waals surface area contributed by atoms with E-state index in [0.29, 0.717) is 22.7 Å². The summed E-state index contributed by atoms with van der Waals surface area (Å²) in [7, 11) is -4.08. The molecule has 3 aromatic carbocycles. The average molecular weight is 542 g/mol. The van der Waals surface area contributed by atoms with Crippen molar-refractivity contribution < 1.29 is 18.0 Å². The highest BCUT2D eigenvalue weighted by Crippen LogP contribution is 2.25. The Kier molecular flexibility index (Phi) is 9.72. The van der Waals surface area contributed by atoms with E-state index < -0.39 is 28.5 Å². The van der Waals surface area contributed by atoms with Crippen LogP contribution < -0.4 is 9.62 Å². The van der Waals surface area contributed by atoms with Gasteiger partial charge in [0.25, 0.3) is 10.0 Å². The van der Waals surface area contributed by atoms with Crippen LogP contribution in [0.2, 0.25) is 5.02 Å². The van der Waals surface area contributed by atoms with Crippen molar-refractivity contribution in [2.24, 2.45) is 0 Å². The second-order valence-electron chi connectivity index (χ2n) is 8.86. The van der Waals surface area contributed by atoms with E-state index >= 15 is 0 Å². The van der Waals surface area contributed by atoms with E-state index in [1.807, 2.05) is 20.8 Å². The van der Waals surface area contributed by atoms with Gasteiger partial charge in [0.05, 0.1) is 10.6 Å². The number of nitrogens with one attached hydrogen (secondary N) is 1. The lowest BCUT2D eigenvalue weighted by molar-refractivity contribution is -0.140. The van der Waals surface area contributed by atoms with Gasteiger partial charge in [-0.1, -0.05) is 73.1 Å². The maximum absolute atomic E-state index is 13.9. The summed E-state index contributed by atoms with van der Waals surface area (Å²) in [5.74, 6) is -0.830. The molecule has 0 aliphatic rings. The maximum atomic E-state index is 13.9. The van der Waals surface area contributed by atoms with Crippen LogP contribution in [-0.4, -0.2) is 43.8 Å². The molecule has 1 atom stereocenters. The molecule has 0 radical (unpaired) electrons. The van der Waals surface area contributed by atoms with Gasteiger partial charge in [0.2, 0.25) is 11.8 Å². The fourth-order valence-corrected chi connectivity index (χ4v) is 5.58. The number of carbonyl (C=O) groups is 2. The summed E-state index contributed by atoms with van der Waals surface area (Å²) in [5.41, 5.74) is 1.00. The van der Waals surface area contributed by atoms with Crippen molar-refractivity contribution in [2.45, 2.75) is 50.7 Å². The molecule has 0 aliphatic heterocycles. The average Bonchev–Trinajstić information content (AvgIpc) is 2.88. The van der Waals surface area contributed by atoms with E-state index in [4.69, 9.17) is 11.6 Å². The molecule has 0 spiro atoms. The first-order chi connectivity index (χ1) is 17.6. The minimum Gasteiger partial charge on any atom is -0.352 e. The first kappa shape index (κ1) is 28.2. The topological polar surface area (TPSA) is 86.8 Å². The Bertz CT molecular complexity index is 1300. The van der Waals surface area contributed by atoms with Crippen LogP contribution in [0.15, 0.2) is 89.8 Å². The van der Waals surface area contributed by atoms with Crippen molar-refractivity contribution in [3.05, 3.63) is 95.5 Å². The van der Waals surface area contributed by atoms with E-state index in [2.05, 4.69) is 5.32 Å². The highest BCUT2D eigenvalue weighted by atomic mass is 35.5. The molecule has 0 heterocycles. The summed E-state index contributed by atoms with van der Waals surface area (Å²) in [6.07, 6.45) is 0.339. The molecule has 7 nitrogen and oxygen atoms in total. The summed E-state index contributed by atoms with van der Waals surface area (Å²) in [6.45, 7) is 5.06. The van der Waals surface area contributed by atoms with Crippen LogP contribution >= 0.6 is 11.6 Å². The molecule has 0 saturated carbocycles. The third kappa shape index (κ3) is 7.11. The molecule has 3 rings (SSSR count). The number of halogens is 1. The molecule has 37 heavy (non-hydrogen) atoms. The molecule has 9 heteroatoms. The van der Waals surface area contributed by atoms with Crippen LogP contribution in [-0.2, 0) is 26.2 Å². The number of para-hydroxylation sites is 1. The van der Waals surface area contributed by atoms with Crippen LogP contribution in [0.25, 0.3) is 0 Å². The molecule has 1 N–H and O–H groups in total. The Balaban J connectivity index is 2.04. The summed E-state index contributed by atoms with van der Waals surface area (Å²) >= 11 is 6.39. The lowest BCUT2D eigenvalue weighted by atomic mass is 10.1. The number of rotatable bonds is 11. The number of benzene rings is 3. The minimum absolute atomic E-state index is 0.0521. The van der Waals surface area contributed by atoms with E-state index in [1.54, 1.807) is 72.8 Å². The van der Waals surface area contributed by atoms with Crippen LogP contribution in [0.3, 0.4) is 0 Å². The predicted molar refractivity (Wildman–Crippen MR) is 147 cm³/mol. The summed E-state index contributed by atoms with van der Waals surface area (Å²) in [4.78, 5) is 28.5. The molecule has 3 aromatic rings. The first-order valence-corrected chi connectivity index (χ1v) is 13.9. The van der Waals surface area contributed by atoms with Gasteiger partial charge in [-0.3, -0.25) is 13.9 Å². The normalized spacial score (nSPS) is 12.1. The Morgan fingerprint density at radius 2 is 1.46 bits per heavy atom. The molecular formula is C28H32ClN3O4S. The fourth-order valence-electron chi connectivity index (χ4n) is 3.95. The van der Waals surface area contributed by atoms with Crippen LogP contribution in [0, 0.1) is 0 Å². The summed E-state index contributed by atoms with van der Waals surface area (Å²) < 4.78 is 28.4. The fraction of sp³-hybridized carbons (Fsp3) is 0.286. The molecular weight excluding hydrogens is 510 g/mol. The van der Waals surface area contributed by atoms with Crippen LogP contribution in [0.5, 0.6) is 0 Å². The molecule has 1 unspecified atom stereocenters. The zero-order valence-corrected chi connectivity index (χ0v) is 22.7. The monoisotopic (exact) mass is 541 g/mol. The van der Waals surface area contributed by atoms with E-state index in [1.165, 1.54) is 17.0 Å². The SMILES string of the molecule is CCC(C(=O)NC(C)C)N(Cc1ccccc1Cl)C(=O)CN(c1ccccc1)S(=O)(=O)c1ccccc1. The highest BCUT2D eigenvalue weighted by molar-refractivity contribution is 7.92. The van der Waals surface area contributed by atoms with Crippen molar-refractivity contribution in [1.82, 2.24) is 10.2 Å². The van der Waals surface area contributed by atoms with Gasteiger partial charge in [-0.15, -0.1) is 0 Å². The minimum atomic E-state index is -4.08. The number of sulfonamides is 1. The number of amides is 2. The van der Waals surface area contributed by atoms with Crippen LogP contribution in [0.1, 0.15) is 32.8 Å². The lowest BCUT2D eigenvalue weighted by Gasteiger charge is -2.33. The molecule has 0 aromatic heterocycles. The maximum Gasteiger partial charge on any atom is 0.264 e. The lowest BCUT2D eigenvalue weighted by Crippen LogP contribution is -2.53. The number of nitrogens with zero attached hydrogens (tertiary/aromatic N) is 2. The van der Waals surface area contributed by atoms with Gasteiger partial charge in [0.1, 0.15) is 12.6 Å². The molecule has 196 valence electrons. The highest BCUT2D eigenvalue weighted by Gasteiger charge is 2.34. The van der Waals surface area contributed by atoms with Crippen LogP contribution in [0.4, 0.5) is 5.69 Å². The van der Waals surface area contributed by atoms with Gasteiger partial charge in [0.15, 0.2) is 0 Å². The predicted octanol–water partition coefficient (Wildman–Crippen LogP) is 4.87. The second-order valence-corrected chi connectivity index (χ2v) is 11.1. The Hall–Kier alpha value is -3.36. The molecule has 0 fully saturated rings. The molecule has 2 amide bonds. The van der Waals surface area contributed by atoms with Crippen molar-refractivity contribution in [3.8, 4) is 0 Å². The number of hydrogen-bond acceptors (Lipinski definition) is 4. The van der Waals surface area contributed by atoms with Crippen molar-refractivity contribution in [1.29, 1.82) is 0 Å². The van der Waals surface area contributed by atoms with E-state index in [-0.39, 0.29) is 23.4 Å². The standard InChI is InChI=1S/C28H32ClN3O4S/c1-4-26(28(34)30-21(2)3)31(19-22-13-11-12-18-25(22)29)27(33)20-32(23-14-7-5-8-15-23)37(35,36)24-16-9-6-10-17-24/h5-18,21,26H,4,19-20H2,1-3H3,(H,30,34). The van der Waals surface area contributed by atoms with Gasteiger partial charge in [-0.25, -0.2) is 8.42 Å². The van der Waals surface area contributed by atoms with Gasteiger partial charge in [-0.05, 0) is 56.2 Å². The number of anilines is 1. The smallest absolute Gasteiger partial charge is 0.264 e. The third-order valence-electron chi connectivity index (χ3n) is 5.77. The first-order valence-electron chi connectivity index (χ1n) is 12.1. The van der Waals surface area contributed by atoms with Gasteiger partial charge in [0, 0.05) is 17.6 Å². The Morgan fingerprint density at radius 3 is 2.03 bits per heavy atom. The second kappa shape index (κ2) is 12.7. The van der Waals surface area contributed by atoms with Gasteiger partial charge < -0.3 is 10.2 Å².